The third kappa shape index (κ3) is 4.55. The van der Waals surface area contributed by atoms with Crippen LogP contribution in [0.1, 0.15) is 43.7 Å². The Bertz CT molecular complexity index is 1090. The van der Waals surface area contributed by atoms with Gasteiger partial charge in [-0.05, 0) is 34.6 Å². The quantitative estimate of drug-likeness (QED) is 0.522. The molecule has 2 aliphatic rings. The molecule has 2 atom stereocenters. The number of rotatable bonds is 9. The minimum absolute atomic E-state index is 0.0728. The molecule has 0 spiro atoms. The summed E-state index contributed by atoms with van der Waals surface area (Å²) in [4.78, 5) is 39.2. The molecule has 7 heteroatoms. The number of carbonyl (C=O) groups excluding carboxylic acids is 2. The Hall–Kier alpha value is -3.61. The normalized spacial score (nSPS) is 17.4. The Morgan fingerprint density at radius 2 is 1.71 bits per heavy atom. The van der Waals surface area contributed by atoms with Gasteiger partial charge in [-0.15, -0.1) is 6.58 Å². The van der Waals surface area contributed by atoms with Crippen LogP contribution in [0.4, 0.5) is 4.79 Å². The number of amides is 2. The third-order valence-electron chi connectivity index (χ3n) is 7.38. The van der Waals surface area contributed by atoms with Crippen molar-refractivity contribution >= 4 is 18.0 Å². The number of nitrogens with zero attached hydrogens (tertiary/aromatic N) is 1. The number of likely N-dealkylation sites (tertiary alicyclic amines) is 1. The van der Waals surface area contributed by atoms with E-state index in [0.29, 0.717) is 12.8 Å². The first-order chi connectivity index (χ1) is 16.8. The van der Waals surface area contributed by atoms with Crippen molar-refractivity contribution in [2.45, 2.75) is 38.6 Å². The second-order valence-electron chi connectivity index (χ2n) is 9.61. The molecule has 0 bridgehead atoms. The van der Waals surface area contributed by atoms with Crippen LogP contribution in [-0.4, -0.2) is 53.7 Å². The topological polar surface area (TPSA) is 95.9 Å². The van der Waals surface area contributed by atoms with Crippen molar-refractivity contribution < 1.29 is 24.2 Å². The van der Waals surface area contributed by atoms with E-state index in [1.54, 1.807) is 6.08 Å². The second kappa shape index (κ2) is 9.94. The summed E-state index contributed by atoms with van der Waals surface area (Å²) >= 11 is 0. The third-order valence-corrected chi connectivity index (χ3v) is 7.38. The molecule has 2 aromatic carbocycles. The highest BCUT2D eigenvalue weighted by atomic mass is 16.5. The molecule has 1 aliphatic heterocycles. The number of aliphatic carboxylic acids is 1. The van der Waals surface area contributed by atoms with Gasteiger partial charge in [-0.25, -0.2) is 4.79 Å². The number of carboxylic acids is 1. The van der Waals surface area contributed by atoms with Crippen LogP contribution in [0.5, 0.6) is 0 Å². The minimum Gasteiger partial charge on any atom is -0.481 e. The van der Waals surface area contributed by atoms with Crippen molar-refractivity contribution in [3.8, 4) is 11.1 Å². The van der Waals surface area contributed by atoms with E-state index < -0.39 is 23.5 Å². The molecule has 4 rings (SSSR count). The first-order valence-electron chi connectivity index (χ1n) is 12.1. The fraction of sp³-hybridized carbons (Fsp3) is 0.393. The maximum Gasteiger partial charge on any atom is 0.407 e. The molecule has 2 aromatic rings. The Labute approximate surface area is 205 Å². The van der Waals surface area contributed by atoms with Crippen LogP contribution in [0.3, 0.4) is 0 Å². The molecule has 2 amide bonds. The van der Waals surface area contributed by atoms with Crippen LogP contribution in [0.15, 0.2) is 61.2 Å². The van der Waals surface area contributed by atoms with Gasteiger partial charge in [0.2, 0.25) is 5.91 Å². The Morgan fingerprint density at radius 3 is 2.23 bits per heavy atom. The number of benzene rings is 2. The summed E-state index contributed by atoms with van der Waals surface area (Å²) in [5.74, 6) is -1.43. The van der Waals surface area contributed by atoms with Crippen molar-refractivity contribution in [3.63, 3.8) is 0 Å². The van der Waals surface area contributed by atoms with E-state index in [4.69, 9.17) is 4.74 Å². The maximum atomic E-state index is 13.2. The number of carboxylic acid groups (broad SMARTS) is 1. The zero-order chi connectivity index (χ0) is 25.2. The lowest BCUT2D eigenvalue weighted by atomic mass is 9.76. The smallest absolute Gasteiger partial charge is 0.407 e. The van der Waals surface area contributed by atoms with Gasteiger partial charge in [-0.3, -0.25) is 9.59 Å². The lowest BCUT2D eigenvalue weighted by Crippen LogP contribution is -2.65. The molecule has 2 N–H and O–H groups in total. The average Bonchev–Trinajstić information content (AvgIpc) is 3.16. The van der Waals surface area contributed by atoms with Gasteiger partial charge in [-0.1, -0.05) is 74.9 Å². The summed E-state index contributed by atoms with van der Waals surface area (Å²) in [5, 5.41) is 12.3. The molecular formula is C28H32N2O5. The largest absolute Gasteiger partial charge is 0.481 e. The van der Waals surface area contributed by atoms with Crippen LogP contribution < -0.4 is 5.32 Å². The van der Waals surface area contributed by atoms with Crippen LogP contribution in [0.25, 0.3) is 11.1 Å². The monoisotopic (exact) mass is 476 g/mol. The van der Waals surface area contributed by atoms with E-state index in [2.05, 4.69) is 36.2 Å². The first kappa shape index (κ1) is 24.5. The molecule has 7 nitrogen and oxygen atoms in total. The second-order valence-corrected chi connectivity index (χ2v) is 9.61. The lowest BCUT2D eigenvalue weighted by Gasteiger charge is -2.48. The van der Waals surface area contributed by atoms with E-state index in [1.165, 1.54) is 4.90 Å². The molecule has 0 radical (unpaired) electrons. The molecule has 1 aliphatic carbocycles. The molecule has 184 valence electrons. The average molecular weight is 477 g/mol. The maximum absolute atomic E-state index is 13.2. The van der Waals surface area contributed by atoms with Gasteiger partial charge >= 0.3 is 12.1 Å². The van der Waals surface area contributed by atoms with E-state index in [9.17, 15) is 19.5 Å². The summed E-state index contributed by atoms with van der Waals surface area (Å²) in [5.41, 5.74) is 3.52. The van der Waals surface area contributed by atoms with Crippen molar-refractivity contribution in [1.29, 1.82) is 0 Å². The standard InChI is InChI=1S/C28H32N2O5/c1-4-14-28(26(32)33)16-30(17-28)25(31)24(18(3)5-2)29-27(34)35-15-23-21-12-8-6-10-19(21)20-11-7-9-13-22(20)23/h4,6-13,18,23-24H,1,5,14-17H2,2-3H3,(H,29,34)(H,32,33)/t18?,24-/m0/s1. The summed E-state index contributed by atoms with van der Waals surface area (Å²) in [6, 6.07) is 15.4. The van der Waals surface area contributed by atoms with Crippen molar-refractivity contribution in [2.75, 3.05) is 19.7 Å². The van der Waals surface area contributed by atoms with Gasteiger partial charge in [-0.2, -0.15) is 0 Å². The molecule has 0 aromatic heterocycles. The fourth-order valence-electron chi connectivity index (χ4n) is 5.12. The number of ether oxygens (including phenoxy) is 1. The van der Waals surface area contributed by atoms with E-state index in [0.717, 1.165) is 22.3 Å². The summed E-state index contributed by atoms with van der Waals surface area (Å²) in [6.45, 7) is 7.84. The molecule has 35 heavy (non-hydrogen) atoms. The number of hydrogen-bond acceptors (Lipinski definition) is 4. The highest BCUT2D eigenvalue weighted by Crippen LogP contribution is 2.44. The van der Waals surface area contributed by atoms with Gasteiger partial charge in [0, 0.05) is 19.0 Å². The predicted octanol–water partition coefficient (Wildman–Crippen LogP) is 4.43. The van der Waals surface area contributed by atoms with Crippen molar-refractivity contribution in [3.05, 3.63) is 72.3 Å². The summed E-state index contributed by atoms with van der Waals surface area (Å²) in [7, 11) is 0. The van der Waals surface area contributed by atoms with E-state index >= 15 is 0 Å². The van der Waals surface area contributed by atoms with Crippen LogP contribution in [0, 0.1) is 11.3 Å². The van der Waals surface area contributed by atoms with E-state index in [-0.39, 0.29) is 37.4 Å². The number of hydrogen-bond donors (Lipinski definition) is 2. The van der Waals surface area contributed by atoms with Gasteiger partial charge in [0.15, 0.2) is 0 Å². The number of carbonyl (C=O) groups is 3. The summed E-state index contributed by atoms with van der Waals surface area (Å²) < 4.78 is 5.64. The molecule has 0 saturated carbocycles. The first-order valence-corrected chi connectivity index (χ1v) is 12.1. The predicted molar refractivity (Wildman–Crippen MR) is 133 cm³/mol. The number of fused-ring (bicyclic) bond motifs is 3. The zero-order valence-electron chi connectivity index (χ0n) is 20.2. The van der Waals surface area contributed by atoms with Crippen LogP contribution in [-0.2, 0) is 14.3 Å². The van der Waals surface area contributed by atoms with Crippen LogP contribution in [0.2, 0.25) is 0 Å². The lowest BCUT2D eigenvalue weighted by molar-refractivity contribution is -0.167. The Morgan fingerprint density at radius 1 is 1.14 bits per heavy atom. The molecule has 1 saturated heterocycles. The van der Waals surface area contributed by atoms with E-state index in [1.807, 2.05) is 38.1 Å². The van der Waals surface area contributed by atoms with Crippen molar-refractivity contribution in [1.82, 2.24) is 10.2 Å². The van der Waals surface area contributed by atoms with Crippen LogP contribution >= 0.6 is 0 Å². The minimum atomic E-state index is -0.999. The number of nitrogens with one attached hydrogen (secondary N) is 1. The number of allylic oxidation sites excluding steroid dienone is 1. The fourth-order valence-corrected chi connectivity index (χ4v) is 5.12. The van der Waals surface area contributed by atoms with Gasteiger partial charge < -0.3 is 20.1 Å². The highest BCUT2D eigenvalue weighted by Gasteiger charge is 2.51. The molecule has 1 unspecified atom stereocenters. The van der Waals surface area contributed by atoms with Gasteiger partial charge in [0.1, 0.15) is 18.1 Å². The SMILES string of the molecule is C=CCC1(C(=O)O)CN(C(=O)[C@@H](NC(=O)OCC2c3ccccc3-c3ccccc32)C(C)CC)C1. The zero-order valence-corrected chi connectivity index (χ0v) is 20.2. The van der Waals surface area contributed by atoms with Gasteiger partial charge in [0.25, 0.3) is 0 Å². The molecule has 1 heterocycles. The Kier molecular flexibility index (Phi) is 6.96. The summed E-state index contributed by atoms with van der Waals surface area (Å²) in [6.07, 6.45) is 1.88. The van der Waals surface area contributed by atoms with Gasteiger partial charge in [0.05, 0.1) is 0 Å². The molecule has 1 fully saturated rings. The Balaban J connectivity index is 1.42. The molecular weight excluding hydrogens is 444 g/mol. The highest BCUT2D eigenvalue weighted by molar-refractivity contribution is 5.89. The van der Waals surface area contributed by atoms with Crippen molar-refractivity contribution in [2.24, 2.45) is 11.3 Å². The number of alkyl carbamates (subject to hydrolysis) is 1.